The van der Waals surface area contributed by atoms with E-state index in [1.807, 2.05) is 7.05 Å². The van der Waals surface area contributed by atoms with Crippen molar-refractivity contribution in [3.8, 4) is 0 Å². The predicted molar refractivity (Wildman–Crippen MR) is 87.8 cm³/mol. The maximum absolute atomic E-state index is 4.89. The van der Waals surface area contributed by atoms with Crippen LogP contribution in [0.3, 0.4) is 0 Å². The van der Waals surface area contributed by atoms with Gasteiger partial charge in [-0.3, -0.25) is 0 Å². The first-order valence-electron chi connectivity index (χ1n) is 8.05. The molecular weight excluding hydrogens is 260 g/mol. The lowest BCUT2D eigenvalue weighted by molar-refractivity contribution is 0.320. The topological polar surface area (TPSA) is 32.6 Å². The monoisotopic (exact) mass is 286 g/mol. The molecule has 2 aromatic rings. The Morgan fingerprint density at radius 2 is 2.14 bits per heavy atom. The summed E-state index contributed by atoms with van der Waals surface area (Å²) in [6.07, 6.45) is 7.44. The minimum absolute atomic E-state index is 0.610. The largest absolute Gasteiger partial charge is 0.355 e. The summed E-state index contributed by atoms with van der Waals surface area (Å²) in [6.45, 7) is 3.22. The van der Waals surface area contributed by atoms with Crippen LogP contribution in [0.25, 0.3) is 5.65 Å². The van der Waals surface area contributed by atoms with E-state index in [1.54, 1.807) is 0 Å². The molecule has 1 fully saturated rings. The van der Waals surface area contributed by atoms with E-state index in [0.29, 0.717) is 6.04 Å². The number of imidazole rings is 1. The first-order chi connectivity index (χ1) is 10.2. The Morgan fingerprint density at radius 3 is 2.90 bits per heavy atom. The fourth-order valence-corrected chi connectivity index (χ4v) is 3.68. The van der Waals surface area contributed by atoms with Crippen molar-refractivity contribution in [3.05, 3.63) is 30.1 Å². The number of hydrogen-bond acceptors (Lipinski definition) is 3. The van der Waals surface area contributed by atoms with Gasteiger partial charge in [-0.15, -0.1) is 0 Å². The molecule has 4 heteroatoms. The molecule has 3 rings (SSSR count). The molecule has 2 aromatic heterocycles. The van der Waals surface area contributed by atoms with E-state index in [9.17, 15) is 0 Å². The van der Waals surface area contributed by atoms with Crippen LogP contribution in [-0.2, 0) is 6.54 Å². The Hall–Kier alpha value is -1.55. The zero-order chi connectivity index (χ0) is 14.8. The maximum Gasteiger partial charge on any atom is 0.152 e. The highest BCUT2D eigenvalue weighted by Gasteiger charge is 2.28. The summed E-state index contributed by atoms with van der Waals surface area (Å²) in [5.74, 6) is 1.88. The van der Waals surface area contributed by atoms with Crippen molar-refractivity contribution in [1.29, 1.82) is 0 Å². The van der Waals surface area contributed by atoms with Gasteiger partial charge in [0.1, 0.15) is 5.65 Å². The van der Waals surface area contributed by atoms with Gasteiger partial charge in [-0.2, -0.15) is 0 Å². The number of pyridine rings is 1. The van der Waals surface area contributed by atoms with Crippen molar-refractivity contribution < 1.29 is 0 Å². The Kier molecular flexibility index (Phi) is 4.15. The fourth-order valence-electron chi connectivity index (χ4n) is 3.68. The van der Waals surface area contributed by atoms with Crippen molar-refractivity contribution >= 4 is 11.5 Å². The molecule has 114 valence electrons. The van der Waals surface area contributed by atoms with Crippen molar-refractivity contribution in [2.45, 2.75) is 45.2 Å². The summed E-state index contributed by atoms with van der Waals surface area (Å²) in [5, 5.41) is 3.28. The van der Waals surface area contributed by atoms with Crippen LogP contribution in [0.15, 0.2) is 24.4 Å². The molecule has 2 heterocycles. The van der Waals surface area contributed by atoms with Crippen molar-refractivity contribution in [2.24, 2.45) is 5.92 Å². The van der Waals surface area contributed by atoms with E-state index in [0.717, 1.165) is 23.9 Å². The van der Waals surface area contributed by atoms with Gasteiger partial charge in [0.2, 0.25) is 0 Å². The summed E-state index contributed by atoms with van der Waals surface area (Å²) in [7, 11) is 4.21. The summed E-state index contributed by atoms with van der Waals surface area (Å²) in [4.78, 5) is 7.31. The van der Waals surface area contributed by atoms with Gasteiger partial charge < -0.3 is 14.6 Å². The molecule has 1 aliphatic carbocycles. The van der Waals surface area contributed by atoms with Crippen molar-refractivity contribution in [2.75, 3.05) is 19.0 Å². The van der Waals surface area contributed by atoms with Crippen LogP contribution < -0.4 is 10.2 Å². The van der Waals surface area contributed by atoms with Gasteiger partial charge in [-0.25, -0.2) is 4.98 Å². The van der Waals surface area contributed by atoms with Gasteiger partial charge in [0.15, 0.2) is 5.82 Å². The third-order valence-corrected chi connectivity index (χ3v) is 4.85. The molecule has 2 unspecified atom stereocenters. The number of nitrogens with zero attached hydrogens (tertiary/aromatic N) is 3. The average Bonchev–Trinajstić information content (AvgIpc) is 2.87. The molecule has 0 spiro atoms. The Balaban J connectivity index is 1.99. The molecule has 4 nitrogen and oxygen atoms in total. The number of hydrogen-bond donors (Lipinski definition) is 1. The van der Waals surface area contributed by atoms with E-state index in [2.05, 4.69) is 53.0 Å². The van der Waals surface area contributed by atoms with E-state index < -0.39 is 0 Å². The first-order valence-corrected chi connectivity index (χ1v) is 8.05. The summed E-state index contributed by atoms with van der Waals surface area (Å²) in [6, 6.07) is 6.82. The minimum atomic E-state index is 0.610. The predicted octanol–water partition coefficient (Wildman–Crippen LogP) is 3.07. The molecule has 1 aliphatic rings. The minimum Gasteiger partial charge on any atom is -0.355 e. The molecule has 0 aliphatic heterocycles. The normalized spacial score (nSPS) is 22.6. The summed E-state index contributed by atoms with van der Waals surface area (Å²) >= 11 is 0. The Morgan fingerprint density at radius 1 is 1.33 bits per heavy atom. The Bertz CT molecular complexity index is 604. The van der Waals surface area contributed by atoms with Crippen LogP contribution >= 0.6 is 0 Å². The SMILES string of the molecule is CNCc1c(N(C)C2CCCCC2C)nc2ccccn12. The average molecular weight is 286 g/mol. The summed E-state index contributed by atoms with van der Waals surface area (Å²) < 4.78 is 2.20. The second-order valence-electron chi connectivity index (χ2n) is 6.28. The maximum atomic E-state index is 4.89. The molecular formula is C17H26N4. The molecule has 0 saturated heterocycles. The van der Waals surface area contributed by atoms with Crippen molar-refractivity contribution in [1.82, 2.24) is 14.7 Å². The van der Waals surface area contributed by atoms with Gasteiger partial charge >= 0.3 is 0 Å². The molecule has 21 heavy (non-hydrogen) atoms. The van der Waals surface area contributed by atoms with Crippen LogP contribution in [0.4, 0.5) is 5.82 Å². The zero-order valence-corrected chi connectivity index (χ0v) is 13.3. The fraction of sp³-hybridized carbons (Fsp3) is 0.588. The lowest BCUT2D eigenvalue weighted by Gasteiger charge is -2.37. The van der Waals surface area contributed by atoms with Crippen LogP contribution in [0.5, 0.6) is 0 Å². The smallest absolute Gasteiger partial charge is 0.152 e. The highest BCUT2D eigenvalue weighted by molar-refractivity contribution is 5.56. The molecule has 1 saturated carbocycles. The molecule has 2 atom stereocenters. The highest BCUT2D eigenvalue weighted by Crippen LogP contribution is 2.32. The number of anilines is 1. The highest BCUT2D eigenvalue weighted by atomic mass is 15.2. The molecule has 0 aromatic carbocycles. The lowest BCUT2D eigenvalue weighted by Crippen LogP contribution is -2.39. The number of rotatable bonds is 4. The third kappa shape index (κ3) is 2.64. The molecule has 0 amide bonds. The molecule has 1 N–H and O–H groups in total. The first kappa shape index (κ1) is 14.4. The van der Waals surface area contributed by atoms with E-state index >= 15 is 0 Å². The van der Waals surface area contributed by atoms with Crippen molar-refractivity contribution in [3.63, 3.8) is 0 Å². The molecule has 0 bridgehead atoms. The van der Waals surface area contributed by atoms with Crippen LogP contribution in [0.2, 0.25) is 0 Å². The van der Waals surface area contributed by atoms with Gasteiger partial charge in [0.05, 0.1) is 5.69 Å². The number of aromatic nitrogens is 2. The quantitative estimate of drug-likeness (QED) is 0.937. The number of nitrogens with one attached hydrogen (secondary N) is 1. The second kappa shape index (κ2) is 6.06. The lowest BCUT2D eigenvalue weighted by atomic mass is 9.85. The van der Waals surface area contributed by atoms with E-state index in [4.69, 9.17) is 4.98 Å². The van der Waals surface area contributed by atoms with Gasteiger partial charge in [0, 0.05) is 25.8 Å². The second-order valence-corrected chi connectivity index (χ2v) is 6.28. The summed E-state index contributed by atoms with van der Waals surface area (Å²) in [5.41, 5.74) is 2.29. The van der Waals surface area contributed by atoms with Crippen LogP contribution in [0.1, 0.15) is 38.3 Å². The Labute approximate surface area is 127 Å². The van der Waals surface area contributed by atoms with Gasteiger partial charge in [-0.05, 0) is 37.9 Å². The third-order valence-electron chi connectivity index (χ3n) is 4.85. The number of fused-ring (bicyclic) bond motifs is 1. The standard InChI is InChI=1S/C17H26N4/c1-13-8-4-5-9-14(13)20(3)17-15(12-18-2)21-11-7-6-10-16(21)19-17/h6-7,10-11,13-14,18H,4-5,8-9,12H2,1-3H3. The van der Waals surface area contributed by atoms with Crippen LogP contribution in [-0.4, -0.2) is 29.5 Å². The van der Waals surface area contributed by atoms with E-state index in [-0.39, 0.29) is 0 Å². The van der Waals surface area contributed by atoms with Crippen LogP contribution in [0, 0.1) is 5.92 Å². The van der Waals surface area contributed by atoms with E-state index in [1.165, 1.54) is 31.4 Å². The van der Waals surface area contributed by atoms with Gasteiger partial charge in [-0.1, -0.05) is 25.8 Å². The molecule has 0 radical (unpaired) electrons. The van der Waals surface area contributed by atoms with Gasteiger partial charge in [0.25, 0.3) is 0 Å². The zero-order valence-electron chi connectivity index (χ0n) is 13.3.